The summed E-state index contributed by atoms with van der Waals surface area (Å²) in [5.41, 5.74) is 0.345. The Kier molecular flexibility index (Phi) is 4.75. The highest BCUT2D eigenvalue weighted by Crippen LogP contribution is 2.36. The minimum absolute atomic E-state index is 0.0593. The van der Waals surface area contributed by atoms with E-state index in [0.717, 1.165) is 11.3 Å². The molecule has 0 aliphatic carbocycles. The number of rotatable bonds is 5. The Hall–Kier alpha value is -2.09. The summed E-state index contributed by atoms with van der Waals surface area (Å²) in [5.74, 6) is -0.497. The highest BCUT2D eigenvalue weighted by molar-refractivity contribution is 7.93. The Morgan fingerprint density at radius 3 is 2.42 bits per heavy atom. The molecule has 0 atom stereocenters. The van der Waals surface area contributed by atoms with Gasteiger partial charge in [0.15, 0.2) is 4.21 Å². The van der Waals surface area contributed by atoms with Gasteiger partial charge in [-0.05, 0) is 31.3 Å². The van der Waals surface area contributed by atoms with Crippen molar-refractivity contribution in [2.75, 3.05) is 7.05 Å². The van der Waals surface area contributed by atoms with Crippen molar-refractivity contribution in [1.29, 1.82) is 0 Å². The van der Waals surface area contributed by atoms with E-state index >= 15 is 0 Å². The van der Waals surface area contributed by atoms with Crippen LogP contribution < -0.4 is 5.32 Å². The molecule has 0 amide bonds. The fraction of sp³-hybridized carbons (Fsp3) is 0.118. The van der Waals surface area contributed by atoms with Gasteiger partial charge in [-0.3, -0.25) is 0 Å². The molecule has 0 radical (unpaired) electrons. The van der Waals surface area contributed by atoms with Gasteiger partial charge >= 0.3 is 0 Å². The van der Waals surface area contributed by atoms with E-state index in [-0.39, 0.29) is 20.4 Å². The van der Waals surface area contributed by atoms with Gasteiger partial charge in [0, 0.05) is 12.1 Å². The molecule has 0 unspecified atom stereocenters. The summed E-state index contributed by atoms with van der Waals surface area (Å²) in [6, 6.07) is 14.2. The molecule has 3 aromatic rings. The van der Waals surface area contributed by atoms with Gasteiger partial charge in [-0.2, -0.15) is 0 Å². The first-order valence-corrected chi connectivity index (χ1v) is 9.53. The molecule has 0 aliphatic heterocycles. The van der Waals surface area contributed by atoms with Crippen LogP contribution in [0.3, 0.4) is 0 Å². The molecule has 2 aromatic carbocycles. The summed E-state index contributed by atoms with van der Waals surface area (Å²) in [6.45, 7) is 0.413. The topological polar surface area (TPSA) is 59.1 Å². The summed E-state index contributed by atoms with van der Waals surface area (Å²) in [6.07, 6.45) is 0. The largest absolute Gasteiger partial charge is 0.314 e. The third-order valence-electron chi connectivity index (χ3n) is 3.39. The van der Waals surface area contributed by atoms with E-state index in [0.29, 0.717) is 11.6 Å². The van der Waals surface area contributed by atoms with E-state index in [4.69, 9.17) is 0 Å². The lowest BCUT2D eigenvalue weighted by Crippen LogP contribution is -2.04. The van der Waals surface area contributed by atoms with Gasteiger partial charge in [0.2, 0.25) is 9.84 Å². The van der Waals surface area contributed by atoms with Crippen LogP contribution in [0.1, 0.15) is 5.01 Å². The predicted octanol–water partition coefficient (Wildman–Crippen LogP) is 3.50. The maximum absolute atomic E-state index is 14.2. The Morgan fingerprint density at radius 2 is 1.75 bits per heavy atom. The standard InChI is InChI=1S/C17H15FN2O2S2/c1-19-11-15-20-16(13-9-5-6-10-14(13)18)17(23-15)24(21,22)12-7-3-2-4-8-12/h2-10,19H,11H2,1H3. The molecule has 4 nitrogen and oxygen atoms in total. The van der Waals surface area contributed by atoms with Crippen LogP contribution in [0.25, 0.3) is 11.3 Å². The summed E-state index contributed by atoms with van der Waals surface area (Å²) in [7, 11) is -2.02. The number of hydrogen-bond donors (Lipinski definition) is 1. The summed E-state index contributed by atoms with van der Waals surface area (Å²) >= 11 is 1.06. The van der Waals surface area contributed by atoms with Gasteiger partial charge in [0.1, 0.15) is 16.5 Å². The van der Waals surface area contributed by atoms with Crippen molar-refractivity contribution >= 4 is 21.2 Å². The van der Waals surface area contributed by atoms with Crippen molar-refractivity contribution in [2.45, 2.75) is 15.6 Å². The van der Waals surface area contributed by atoms with E-state index in [9.17, 15) is 12.8 Å². The number of thiazole rings is 1. The molecule has 7 heteroatoms. The minimum atomic E-state index is -3.77. The van der Waals surface area contributed by atoms with Gasteiger partial charge < -0.3 is 5.32 Å². The Balaban J connectivity index is 2.23. The van der Waals surface area contributed by atoms with Crippen LogP contribution in [0, 0.1) is 5.82 Å². The summed E-state index contributed by atoms with van der Waals surface area (Å²) in [5, 5.41) is 3.53. The van der Waals surface area contributed by atoms with Crippen LogP contribution in [0.2, 0.25) is 0 Å². The third kappa shape index (κ3) is 3.10. The molecule has 3 rings (SSSR count). The Labute approximate surface area is 143 Å². The smallest absolute Gasteiger partial charge is 0.218 e. The monoisotopic (exact) mass is 362 g/mol. The van der Waals surface area contributed by atoms with Crippen molar-refractivity contribution < 1.29 is 12.8 Å². The number of halogens is 1. The van der Waals surface area contributed by atoms with Crippen LogP contribution >= 0.6 is 11.3 Å². The lowest BCUT2D eigenvalue weighted by Gasteiger charge is -2.05. The van der Waals surface area contributed by atoms with Crippen molar-refractivity contribution in [3.05, 3.63) is 65.4 Å². The van der Waals surface area contributed by atoms with Crippen molar-refractivity contribution in [3.63, 3.8) is 0 Å². The quantitative estimate of drug-likeness (QED) is 0.755. The van der Waals surface area contributed by atoms with Crippen molar-refractivity contribution in [1.82, 2.24) is 10.3 Å². The number of hydrogen-bond acceptors (Lipinski definition) is 5. The molecule has 124 valence electrons. The molecule has 1 heterocycles. The zero-order chi connectivity index (χ0) is 17.2. The molecule has 0 spiro atoms. The average Bonchev–Trinajstić information content (AvgIpc) is 3.01. The first-order valence-electron chi connectivity index (χ1n) is 7.23. The lowest BCUT2D eigenvalue weighted by molar-refractivity contribution is 0.598. The molecule has 0 saturated carbocycles. The van der Waals surface area contributed by atoms with Crippen LogP contribution in [0.4, 0.5) is 4.39 Å². The predicted molar refractivity (Wildman–Crippen MR) is 92.2 cm³/mol. The van der Waals surface area contributed by atoms with Crippen LogP contribution in [0.15, 0.2) is 63.7 Å². The Morgan fingerprint density at radius 1 is 1.08 bits per heavy atom. The second-order valence-electron chi connectivity index (χ2n) is 5.07. The second kappa shape index (κ2) is 6.80. The molecule has 0 aliphatic rings. The van der Waals surface area contributed by atoms with Gasteiger partial charge in [-0.25, -0.2) is 17.8 Å². The van der Waals surface area contributed by atoms with Crippen LogP contribution in [-0.2, 0) is 16.4 Å². The number of nitrogens with one attached hydrogen (secondary N) is 1. The van der Waals surface area contributed by atoms with Gasteiger partial charge in [-0.1, -0.05) is 30.3 Å². The normalized spacial score (nSPS) is 11.6. The van der Waals surface area contributed by atoms with E-state index < -0.39 is 15.7 Å². The Bertz CT molecular complexity index is 954. The number of benzene rings is 2. The van der Waals surface area contributed by atoms with Crippen LogP contribution in [0.5, 0.6) is 0 Å². The summed E-state index contributed by atoms with van der Waals surface area (Å²) < 4.78 is 40.2. The number of nitrogens with zero attached hydrogens (tertiary/aromatic N) is 1. The fourth-order valence-electron chi connectivity index (χ4n) is 2.29. The molecular weight excluding hydrogens is 347 g/mol. The minimum Gasteiger partial charge on any atom is -0.314 e. The molecule has 24 heavy (non-hydrogen) atoms. The molecule has 0 fully saturated rings. The number of aromatic nitrogens is 1. The fourth-order valence-corrected chi connectivity index (χ4v) is 5.26. The first-order chi connectivity index (χ1) is 11.5. The second-order valence-corrected chi connectivity index (χ2v) is 8.30. The molecule has 0 bridgehead atoms. The summed E-state index contributed by atoms with van der Waals surface area (Å²) in [4.78, 5) is 4.53. The van der Waals surface area contributed by atoms with E-state index in [1.54, 1.807) is 37.4 Å². The van der Waals surface area contributed by atoms with Crippen molar-refractivity contribution in [3.8, 4) is 11.3 Å². The van der Waals surface area contributed by atoms with Crippen molar-refractivity contribution in [2.24, 2.45) is 0 Å². The van der Waals surface area contributed by atoms with Crippen LogP contribution in [-0.4, -0.2) is 20.4 Å². The lowest BCUT2D eigenvalue weighted by atomic mass is 10.1. The molecule has 1 aromatic heterocycles. The highest BCUT2D eigenvalue weighted by Gasteiger charge is 2.27. The van der Waals surface area contributed by atoms with E-state index in [2.05, 4.69) is 10.3 Å². The first kappa shape index (κ1) is 16.8. The van der Waals surface area contributed by atoms with E-state index in [1.165, 1.54) is 24.3 Å². The SMILES string of the molecule is CNCc1nc(-c2ccccc2F)c(S(=O)(=O)c2ccccc2)s1. The zero-order valence-corrected chi connectivity index (χ0v) is 14.5. The van der Waals surface area contributed by atoms with Gasteiger partial charge in [-0.15, -0.1) is 11.3 Å². The average molecular weight is 362 g/mol. The molecule has 1 N–H and O–H groups in total. The van der Waals surface area contributed by atoms with Gasteiger partial charge in [0.25, 0.3) is 0 Å². The highest BCUT2D eigenvalue weighted by atomic mass is 32.2. The maximum atomic E-state index is 14.2. The van der Waals surface area contributed by atoms with E-state index in [1.807, 2.05) is 0 Å². The van der Waals surface area contributed by atoms with Gasteiger partial charge in [0.05, 0.1) is 4.90 Å². The maximum Gasteiger partial charge on any atom is 0.218 e. The molecule has 0 saturated heterocycles. The molecular formula is C17H15FN2O2S2. The third-order valence-corrected chi connectivity index (χ3v) is 6.73. The number of sulfone groups is 1. The zero-order valence-electron chi connectivity index (χ0n) is 12.9.